The molecule has 0 unspecified atom stereocenters. The van der Waals surface area contributed by atoms with Gasteiger partial charge in [0.05, 0.1) is 11.4 Å². The number of nitrogens with two attached hydrogens (primary N) is 1. The zero-order chi connectivity index (χ0) is 14.9. The summed E-state index contributed by atoms with van der Waals surface area (Å²) >= 11 is 1.78. The maximum absolute atomic E-state index is 6.10. The van der Waals surface area contributed by atoms with Crippen molar-refractivity contribution >= 4 is 22.7 Å². The van der Waals surface area contributed by atoms with Gasteiger partial charge >= 0.3 is 0 Å². The van der Waals surface area contributed by atoms with Crippen LogP contribution in [0.4, 0.5) is 11.4 Å². The lowest BCUT2D eigenvalue weighted by atomic mass is 9.91. The van der Waals surface area contributed by atoms with Gasteiger partial charge < -0.3 is 20.5 Å². The van der Waals surface area contributed by atoms with Gasteiger partial charge in [0.2, 0.25) is 0 Å². The monoisotopic (exact) mass is 304 g/mol. The summed E-state index contributed by atoms with van der Waals surface area (Å²) in [7, 11) is 0. The zero-order valence-electron chi connectivity index (χ0n) is 12.3. The summed E-state index contributed by atoms with van der Waals surface area (Å²) < 4.78 is 11.1. The van der Waals surface area contributed by atoms with Gasteiger partial charge in [0, 0.05) is 29.0 Å². The predicted molar refractivity (Wildman–Crippen MR) is 87.7 cm³/mol. The third-order valence-electron chi connectivity index (χ3n) is 3.62. The highest BCUT2D eigenvalue weighted by molar-refractivity contribution is 7.10. The Labute approximate surface area is 128 Å². The maximum Gasteiger partial charge on any atom is 0.163 e. The number of benzene rings is 1. The van der Waals surface area contributed by atoms with Crippen LogP contribution in [0.15, 0.2) is 29.6 Å². The van der Waals surface area contributed by atoms with Crippen LogP contribution >= 0.6 is 11.3 Å². The van der Waals surface area contributed by atoms with Crippen LogP contribution in [0, 0.1) is 0 Å². The van der Waals surface area contributed by atoms with E-state index in [0.29, 0.717) is 18.9 Å². The van der Waals surface area contributed by atoms with Crippen LogP contribution in [-0.2, 0) is 5.41 Å². The third-order valence-corrected chi connectivity index (χ3v) is 4.86. The number of hydrogen-bond acceptors (Lipinski definition) is 5. The first-order valence-electron chi connectivity index (χ1n) is 7.03. The first-order valence-corrected chi connectivity index (χ1v) is 7.91. The molecule has 3 N–H and O–H groups in total. The van der Waals surface area contributed by atoms with E-state index in [4.69, 9.17) is 15.2 Å². The summed E-state index contributed by atoms with van der Waals surface area (Å²) in [5, 5.41) is 5.54. The van der Waals surface area contributed by atoms with Crippen LogP contribution in [0.2, 0.25) is 0 Å². The standard InChI is InChI=1S/C16H20N2O2S/c1-16(2,15-4-3-7-21-15)10-18-12-9-14-13(8-11(12)17)19-5-6-20-14/h3-4,7-9,18H,5-6,10,17H2,1-2H3. The Kier molecular flexibility index (Phi) is 3.68. The van der Waals surface area contributed by atoms with Gasteiger partial charge in [0.25, 0.3) is 0 Å². The van der Waals surface area contributed by atoms with Gasteiger partial charge in [-0.15, -0.1) is 11.3 Å². The van der Waals surface area contributed by atoms with Crippen LogP contribution in [0.3, 0.4) is 0 Å². The van der Waals surface area contributed by atoms with E-state index in [1.54, 1.807) is 11.3 Å². The van der Waals surface area contributed by atoms with E-state index in [1.165, 1.54) is 4.88 Å². The lowest BCUT2D eigenvalue weighted by molar-refractivity contribution is 0.172. The lowest BCUT2D eigenvalue weighted by Gasteiger charge is -2.26. The van der Waals surface area contributed by atoms with Crippen LogP contribution in [0.5, 0.6) is 11.5 Å². The van der Waals surface area contributed by atoms with Crippen LogP contribution in [-0.4, -0.2) is 19.8 Å². The number of ether oxygens (including phenoxy) is 2. The van der Waals surface area contributed by atoms with E-state index in [1.807, 2.05) is 12.1 Å². The Hall–Kier alpha value is -1.88. The van der Waals surface area contributed by atoms with Gasteiger partial charge in [-0.25, -0.2) is 0 Å². The quantitative estimate of drug-likeness (QED) is 0.849. The topological polar surface area (TPSA) is 56.5 Å². The van der Waals surface area contributed by atoms with E-state index in [0.717, 1.165) is 23.7 Å². The molecule has 0 spiro atoms. The first kappa shape index (κ1) is 14.1. The van der Waals surface area contributed by atoms with Gasteiger partial charge in [-0.1, -0.05) is 19.9 Å². The number of nitrogens with one attached hydrogen (secondary N) is 1. The molecule has 0 atom stereocenters. The summed E-state index contributed by atoms with van der Waals surface area (Å²) in [6.07, 6.45) is 0. The Morgan fingerprint density at radius 1 is 1.24 bits per heavy atom. The highest BCUT2D eigenvalue weighted by Crippen LogP contribution is 2.37. The molecule has 3 rings (SSSR count). The van der Waals surface area contributed by atoms with Gasteiger partial charge in [-0.3, -0.25) is 0 Å². The summed E-state index contributed by atoms with van der Waals surface area (Å²) in [5.74, 6) is 1.48. The molecule has 2 aromatic rings. The van der Waals surface area contributed by atoms with Crippen LogP contribution < -0.4 is 20.5 Å². The molecule has 1 aromatic heterocycles. The molecule has 2 heterocycles. The molecule has 112 valence electrons. The SMILES string of the molecule is CC(C)(CNc1cc2c(cc1N)OCCO2)c1cccs1. The molecule has 1 aliphatic rings. The molecule has 0 radical (unpaired) electrons. The average Bonchev–Trinajstić information content (AvgIpc) is 3.00. The Morgan fingerprint density at radius 2 is 1.95 bits per heavy atom. The minimum absolute atomic E-state index is 0.0495. The molecule has 0 fully saturated rings. The summed E-state index contributed by atoms with van der Waals surface area (Å²) in [6, 6.07) is 8.00. The highest BCUT2D eigenvalue weighted by Gasteiger charge is 2.22. The largest absolute Gasteiger partial charge is 0.486 e. The number of fused-ring (bicyclic) bond motifs is 1. The molecule has 5 heteroatoms. The molecule has 0 aliphatic carbocycles. The van der Waals surface area contributed by atoms with Crippen molar-refractivity contribution in [2.75, 3.05) is 30.8 Å². The fourth-order valence-electron chi connectivity index (χ4n) is 2.32. The lowest BCUT2D eigenvalue weighted by Crippen LogP contribution is -2.27. The van der Waals surface area contributed by atoms with Crippen molar-refractivity contribution < 1.29 is 9.47 Å². The highest BCUT2D eigenvalue weighted by atomic mass is 32.1. The molecule has 1 aromatic carbocycles. The molecule has 0 saturated carbocycles. The van der Waals surface area contributed by atoms with Crippen LogP contribution in [0.25, 0.3) is 0 Å². The fraction of sp³-hybridized carbons (Fsp3) is 0.375. The minimum Gasteiger partial charge on any atom is -0.486 e. The second-order valence-corrected chi connectivity index (χ2v) is 6.75. The third kappa shape index (κ3) is 2.93. The van der Waals surface area contributed by atoms with Gasteiger partial charge in [-0.2, -0.15) is 0 Å². The molecular weight excluding hydrogens is 284 g/mol. The molecule has 21 heavy (non-hydrogen) atoms. The second kappa shape index (κ2) is 5.48. The van der Waals surface area contributed by atoms with E-state index < -0.39 is 0 Å². The molecular formula is C16H20N2O2S. The van der Waals surface area contributed by atoms with Gasteiger partial charge in [0.1, 0.15) is 13.2 Å². The molecule has 1 aliphatic heterocycles. The summed E-state index contributed by atoms with van der Waals surface area (Å²) in [4.78, 5) is 1.35. The predicted octanol–water partition coefficient (Wildman–Crippen LogP) is 3.49. The van der Waals surface area contributed by atoms with Crippen molar-refractivity contribution in [3.05, 3.63) is 34.5 Å². The van der Waals surface area contributed by atoms with Crippen molar-refractivity contribution in [2.45, 2.75) is 19.3 Å². The smallest absolute Gasteiger partial charge is 0.163 e. The van der Waals surface area contributed by atoms with Gasteiger partial charge in [-0.05, 0) is 11.4 Å². The minimum atomic E-state index is 0.0495. The number of rotatable bonds is 4. The van der Waals surface area contributed by atoms with E-state index in [-0.39, 0.29) is 5.41 Å². The van der Waals surface area contributed by atoms with Crippen LogP contribution in [0.1, 0.15) is 18.7 Å². The maximum atomic E-state index is 6.10. The van der Waals surface area contributed by atoms with Crippen molar-refractivity contribution in [3.63, 3.8) is 0 Å². The number of hydrogen-bond donors (Lipinski definition) is 2. The van der Waals surface area contributed by atoms with Gasteiger partial charge in [0.15, 0.2) is 11.5 Å². The van der Waals surface area contributed by atoms with Crippen molar-refractivity contribution in [1.82, 2.24) is 0 Å². The number of anilines is 2. The Balaban J connectivity index is 1.76. The zero-order valence-corrected chi connectivity index (χ0v) is 13.1. The Bertz CT molecular complexity index is 623. The number of thiophene rings is 1. The molecule has 0 bridgehead atoms. The average molecular weight is 304 g/mol. The normalized spacial score (nSPS) is 14.0. The van der Waals surface area contributed by atoms with E-state index in [9.17, 15) is 0 Å². The summed E-state index contributed by atoms with van der Waals surface area (Å²) in [5.41, 5.74) is 7.72. The van der Waals surface area contributed by atoms with E-state index >= 15 is 0 Å². The molecule has 0 saturated heterocycles. The Morgan fingerprint density at radius 3 is 2.62 bits per heavy atom. The first-order chi connectivity index (χ1) is 10.1. The van der Waals surface area contributed by atoms with E-state index in [2.05, 4.69) is 36.7 Å². The number of nitrogen functional groups attached to an aromatic ring is 1. The second-order valence-electron chi connectivity index (χ2n) is 5.80. The molecule has 0 amide bonds. The van der Waals surface area contributed by atoms with Crippen molar-refractivity contribution in [3.8, 4) is 11.5 Å². The molecule has 4 nitrogen and oxygen atoms in total. The fourth-order valence-corrected chi connectivity index (χ4v) is 3.18. The van der Waals surface area contributed by atoms with Crippen molar-refractivity contribution in [2.24, 2.45) is 0 Å². The van der Waals surface area contributed by atoms with Crippen molar-refractivity contribution in [1.29, 1.82) is 0 Å². The summed E-state index contributed by atoms with van der Waals surface area (Å²) in [6.45, 7) is 6.40.